The molecule has 0 saturated carbocycles. The van der Waals surface area contributed by atoms with Gasteiger partial charge in [-0.15, -0.1) is 24.0 Å². The number of aryl methyl sites for hydroxylation is 1. The Kier molecular flexibility index (Phi) is 9.70. The Bertz CT molecular complexity index is 687. The third kappa shape index (κ3) is 7.24. The minimum atomic E-state index is -3.47. The van der Waals surface area contributed by atoms with E-state index in [1.165, 1.54) is 18.6 Å². The number of rotatable bonds is 7. The van der Waals surface area contributed by atoms with Crippen molar-refractivity contribution in [2.75, 3.05) is 32.4 Å². The number of thioether (sulfide) groups is 1. The molecule has 1 aliphatic rings. The second-order valence-electron chi connectivity index (χ2n) is 6.47. The molecule has 0 aliphatic carbocycles. The summed E-state index contributed by atoms with van der Waals surface area (Å²) in [4.78, 5) is 4.47. The summed E-state index contributed by atoms with van der Waals surface area (Å²) in [6, 6.07) is 6.82. The lowest BCUT2D eigenvalue weighted by molar-refractivity contribution is 0.577. The molecule has 0 spiro atoms. The first-order valence-corrected chi connectivity index (χ1v) is 11.0. The van der Waals surface area contributed by atoms with Crippen LogP contribution in [0, 0.1) is 6.92 Å². The number of guanidine groups is 1. The van der Waals surface area contributed by atoms with Crippen molar-refractivity contribution >= 4 is 51.7 Å². The molecule has 9 heteroatoms. The molecule has 1 aromatic rings. The summed E-state index contributed by atoms with van der Waals surface area (Å²) in [6.45, 7) is 5.81. The van der Waals surface area contributed by atoms with Gasteiger partial charge in [0.05, 0.1) is 4.90 Å². The second-order valence-corrected chi connectivity index (χ2v) is 9.91. The van der Waals surface area contributed by atoms with E-state index in [9.17, 15) is 8.42 Å². The number of benzene rings is 1. The number of halogens is 1. The summed E-state index contributed by atoms with van der Waals surface area (Å²) in [7, 11) is -1.75. The second kappa shape index (κ2) is 10.7. The van der Waals surface area contributed by atoms with Crippen molar-refractivity contribution in [2.45, 2.75) is 36.3 Å². The van der Waals surface area contributed by atoms with Crippen LogP contribution in [-0.2, 0) is 10.0 Å². The van der Waals surface area contributed by atoms with Crippen LogP contribution in [0.3, 0.4) is 0 Å². The Labute approximate surface area is 178 Å². The number of hydrogen-bond donors (Lipinski definition) is 3. The van der Waals surface area contributed by atoms with Gasteiger partial charge in [-0.1, -0.05) is 17.7 Å². The van der Waals surface area contributed by atoms with Gasteiger partial charge in [-0.3, -0.25) is 4.99 Å². The van der Waals surface area contributed by atoms with E-state index in [0.717, 1.165) is 12.1 Å². The molecule has 0 aromatic heterocycles. The maximum absolute atomic E-state index is 12.2. The Morgan fingerprint density at radius 1 is 1.23 bits per heavy atom. The molecule has 1 aromatic carbocycles. The summed E-state index contributed by atoms with van der Waals surface area (Å²) in [6.07, 6.45) is 2.47. The van der Waals surface area contributed by atoms with Gasteiger partial charge in [0.25, 0.3) is 0 Å². The first-order valence-electron chi connectivity index (χ1n) is 8.49. The average Bonchev–Trinajstić information content (AvgIpc) is 3.01. The molecule has 1 saturated heterocycles. The van der Waals surface area contributed by atoms with Gasteiger partial charge < -0.3 is 10.6 Å². The van der Waals surface area contributed by atoms with Crippen LogP contribution in [0.2, 0.25) is 0 Å². The highest BCUT2D eigenvalue weighted by Gasteiger charge is 2.29. The van der Waals surface area contributed by atoms with Gasteiger partial charge in [-0.05, 0) is 44.6 Å². The minimum absolute atomic E-state index is 0. The Morgan fingerprint density at radius 2 is 1.92 bits per heavy atom. The van der Waals surface area contributed by atoms with E-state index in [2.05, 4.69) is 27.3 Å². The van der Waals surface area contributed by atoms with Gasteiger partial charge >= 0.3 is 0 Å². The van der Waals surface area contributed by atoms with Crippen molar-refractivity contribution in [3.63, 3.8) is 0 Å². The van der Waals surface area contributed by atoms with Crippen LogP contribution in [-0.4, -0.2) is 51.6 Å². The van der Waals surface area contributed by atoms with Gasteiger partial charge in [0.2, 0.25) is 10.0 Å². The van der Waals surface area contributed by atoms with E-state index < -0.39 is 10.0 Å². The van der Waals surface area contributed by atoms with E-state index in [0.29, 0.717) is 19.0 Å². The van der Waals surface area contributed by atoms with Crippen molar-refractivity contribution in [1.82, 2.24) is 15.4 Å². The molecule has 1 heterocycles. The zero-order chi connectivity index (χ0) is 18.3. The molecule has 0 bridgehead atoms. The van der Waals surface area contributed by atoms with Crippen LogP contribution in [0.25, 0.3) is 0 Å². The summed E-state index contributed by atoms with van der Waals surface area (Å²) in [5.74, 6) is 1.91. The summed E-state index contributed by atoms with van der Waals surface area (Å²) in [5.41, 5.74) is 1.03. The lowest BCUT2D eigenvalue weighted by Crippen LogP contribution is -2.45. The quantitative estimate of drug-likeness (QED) is 0.226. The van der Waals surface area contributed by atoms with E-state index >= 15 is 0 Å². The Morgan fingerprint density at radius 3 is 2.50 bits per heavy atom. The Hall–Kier alpha value is -0.520. The molecule has 1 fully saturated rings. The van der Waals surface area contributed by atoms with Crippen molar-refractivity contribution < 1.29 is 8.42 Å². The van der Waals surface area contributed by atoms with Crippen LogP contribution >= 0.6 is 35.7 Å². The van der Waals surface area contributed by atoms with E-state index in [1.807, 2.05) is 18.7 Å². The summed E-state index contributed by atoms with van der Waals surface area (Å²) < 4.78 is 27.3. The molecule has 26 heavy (non-hydrogen) atoms. The predicted molar refractivity (Wildman–Crippen MR) is 121 cm³/mol. The van der Waals surface area contributed by atoms with Crippen molar-refractivity contribution in [3.8, 4) is 0 Å². The van der Waals surface area contributed by atoms with E-state index in [4.69, 9.17) is 0 Å². The molecule has 1 atom stereocenters. The molecule has 2 rings (SSSR count). The molecule has 148 valence electrons. The standard InChI is InChI=1S/C17H28N4O2S2.HI/c1-14-5-7-15(8-6-14)25(22,23)21-11-10-19-16(18-3)20-13-17(2)9-4-12-24-17;/h5-8,21H,4,9-13H2,1-3H3,(H2,18,19,20);1H. The van der Waals surface area contributed by atoms with Crippen LogP contribution in [0.1, 0.15) is 25.3 Å². The molecule has 0 radical (unpaired) electrons. The van der Waals surface area contributed by atoms with Crippen LogP contribution in [0.5, 0.6) is 0 Å². The highest BCUT2D eigenvalue weighted by atomic mass is 127. The fraction of sp³-hybridized carbons (Fsp3) is 0.588. The molecular formula is C17H29IN4O2S2. The first kappa shape index (κ1) is 23.5. The maximum atomic E-state index is 12.2. The van der Waals surface area contributed by atoms with E-state index in [-0.39, 0.29) is 33.6 Å². The maximum Gasteiger partial charge on any atom is 0.240 e. The molecule has 1 aliphatic heterocycles. The van der Waals surface area contributed by atoms with Gasteiger partial charge in [-0.2, -0.15) is 11.8 Å². The Balaban J connectivity index is 0.00000338. The molecule has 1 unspecified atom stereocenters. The van der Waals surface area contributed by atoms with Gasteiger partial charge in [0.15, 0.2) is 5.96 Å². The van der Waals surface area contributed by atoms with Gasteiger partial charge in [0, 0.05) is 31.4 Å². The fourth-order valence-corrected chi connectivity index (χ4v) is 4.91. The smallest absolute Gasteiger partial charge is 0.240 e. The topological polar surface area (TPSA) is 82.6 Å². The number of aliphatic imine (C=N–C) groups is 1. The normalized spacial score (nSPS) is 20.5. The predicted octanol–water partition coefficient (Wildman–Crippen LogP) is 2.34. The summed E-state index contributed by atoms with van der Waals surface area (Å²) in [5, 5.41) is 6.47. The van der Waals surface area contributed by atoms with Crippen molar-refractivity contribution in [1.29, 1.82) is 0 Å². The number of nitrogens with zero attached hydrogens (tertiary/aromatic N) is 1. The van der Waals surface area contributed by atoms with Crippen molar-refractivity contribution in [2.24, 2.45) is 4.99 Å². The number of sulfonamides is 1. The monoisotopic (exact) mass is 512 g/mol. The number of hydrogen-bond acceptors (Lipinski definition) is 4. The highest BCUT2D eigenvalue weighted by Crippen LogP contribution is 2.36. The SMILES string of the molecule is CN=C(NCCNS(=O)(=O)c1ccc(C)cc1)NCC1(C)CCCS1.I. The zero-order valence-electron chi connectivity index (χ0n) is 15.5. The zero-order valence-corrected chi connectivity index (χ0v) is 19.5. The van der Waals surface area contributed by atoms with Crippen molar-refractivity contribution in [3.05, 3.63) is 29.8 Å². The van der Waals surface area contributed by atoms with E-state index in [1.54, 1.807) is 31.3 Å². The lowest BCUT2D eigenvalue weighted by atomic mass is 10.1. The average molecular weight is 512 g/mol. The van der Waals surface area contributed by atoms with Crippen LogP contribution < -0.4 is 15.4 Å². The molecule has 6 nitrogen and oxygen atoms in total. The van der Waals surface area contributed by atoms with Crippen LogP contribution in [0.15, 0.2) is 34.2 Å². The van der Waals surface area contributed by atoms with Gasteiger partial charge in [0.1, 0.15) is 0 Å². The minimum Gasteiger partial charge on any atom is -0.355 e. The lowest BCUT2D eigenvalue weighted by Gasteiger charge is -2.24. The molecule has 0 amide bonds. The van der Waals surface area contributed by atoms with Crippen LogP contribution in [0.4, 0.5) is 0 Å². The highest BCUT2D eigenvalue weighted by molar-refractivity contribution is 14.0. The summed E-state index contributed by atoms with van der Waals surface area (Å²) >= 11 is 1.99. The largest absolute Gasteiger partial charge is 0.355 e. The number of nitrogens with one attached hydrogen (secondary N) is 3. The van der Waals surface area contributed by atoms with Gasteiger partial charge in [-0.25, -0.2) is 13.1 Å². The fourth-order valence-electron chi connectivity index (χ4n) is 2.63. The third-order valence-corrected chi connectivity index (χ3v) is 7.21. The third-order valence-electron chi connectivity index (χ3n) is 4.19. The molecular weight excluding hydrogens is 483 g/mol. The molecule has 3 N–H and O–H groups in total. The first-order chi connectivity index (χ1) is 11.8.